The van der Waals surface area contributed by atoms with E-state index < -0.39 is 6.17 Å². The van der Waals surface area contributed by atoms with Crippen molar-refractivity contribution in [3.05, 3.63) is 48.7 Å². The molecule has 1 saturated heterocycles. The summed E-state index contributed by atoms with van der Waals surface area (Å²) in [5.41, 5.74) is 3.04. The fraction of sp³-hybridized carbons (Fsp3) is 0.458. The lowest BCUT2D eigenvalue weighted by Crippen LogP contribution is -2.50. The number of rotatable bonds is 6. The van der Waals surface area contributed by atoms with Crippen LogP contribution in [-0.2, 0) is 11.2 Å². The molecular weight excluding hydrogens is 393 g/mol. The van der Waals surface area contributed by atoms with Crippen LogP contribution in [-0.4, -0.2) is 56.4 Å². The third-order valence-corrected chi connectivity index (χ3v) is 6.54. The van der Waals surface area contributed by atoms with Crippen LogP contribution in [0.1, 0.15) is 31.4 Å². The molecule has 0 atom stereocenters. The molecular formula is C24H26FN5O. The van der Waals surface area contributed by atoms with Gasteiger partial charge in [0, 0.05) is 61.6 Å². The highest BCUT2D eigenvalue weighted by molar-refractivity contribution is 5.85. The highest BCUT2D eigenvalue weighted by Crippen LogP contribution is 2.31. The van der Waals surface area contributed by atoms with E-state index >= 15 is 0 Å². The van der Waals surface area contributed by atoms with Crippen LogP contribution in [0.4, 0.5) is 4.39 Å². The summed E-state index contributed by atoms with van der Waals surface area (Å²) in [5.74, 6) is 0.972. The number of fused-ring (bicyclic) bond motifs is 1. The van der Waals surface area contributed by atoms with Crippen molar-refractivity contribution in [2.75, 3.05) is 19.6 Å². The van der Waals surface area contributed by atoms with Gasteiger partial charge >= 0.3 is 0 Å². The highest BCUT2D eigenvalue weighted by Gasteiger charge is 2.31. The standard InChI is InChI=1S/C24H26FN5O/c25-19-14-30(15-19)13-16-1-3-17(4-2-16)24(31)10-20-9-22-18(11-28-20)5-6-21(29-22)23-12-26-7-8-27-23/h5-9,11-12,16-17,19H,1-4,10,13-15H2. The maximum Gasteiger partial charge on any atom is 0.141 e. The molecule has 0 unspecified atom stereocenters. The predicted molar refractivity (Wildman–Crippen MR) is 116 cm³/mol. The van der Waals surface area contributed by atoms with Gasteiger partial charge in [-0.15, -0.1) is 0 Å². The molecule has 3 aromatic heterocycles. The normalized spacial score (nSPS) is 22.4. The second kappa shape index (κ2) is 8.75. The zero-order valence-corrected chi connectivity index (χ0v) is 17.5. The van der Waals surface area contributed by atoms with Crippen LogP contribution >= 0.6 is 0 Å². The number of likely N-dealkylation sites (tertiary alicyclic amines) is 1. The number of Topliss-reactive ketones (excluding diaryl/α,β-unsaturated/α-hetero) is 1. The number of carbonyl (C=O) groups is 1. The van der Waals surface area contributed by atoms with Crippen molar-refractivity contribution in [3.63, 3.8) is 0 Å². The van der Waals surface area contributed by atoms with E-state index in [1.807, 2.05) is 18.2 Å². The Bertz CT molecular complexity index is 1060. The lowest BCUT2D eigenvalue weighted by molar-refractivity contribution is -0.123. The number of halogens is 1. The topological polar surface area (TPSA) is 71.9 Å². The minimum atomic E-state index is -0.640. The van der Waals surface area contributed by atoms with Crippen LogP contribution in [0.15, 0.2) is 43.0 Å². The van der Waals surface area contributed by atoms with Crippen molar-refractivity contribution in [1.82, 2.24) is 24.8 Å². The van der Waals surface area contributed by atoms with Crippen LogP contribution in [0.5, 0.6) is 0 Å². The second-order valence-electron chi connectivity index (χ2n) is 8.83. The number of nitrogens with zero attached hydrogens (tertiary/aromatic N) is 5. The second-order valence-corrected chi connectivity index (χ2v) is 8.83. The number of hydrogen-bond acceptors (Lipinski definition) is 6. The quantitative estimate of drug-likeness (QED) is 0.607. The van der Waals surface area contributed by atoms with Gasteiger partial charge in [0.1, 0.15) is 17.6 Å². The van der Waals surface area contributed by atoms with Crippen molar-refractivity contribution in [1.29, 1.82) is 0 Å². The van der Waals surface area contributed by atoms with Crippen LogP contribution in [0, 0.1) is 11.8 Å². The largest absolute Gasteiger partial charge is 0.299 e. The maximum absolute atomic E-state index is 13.0. The van der Waals surface area contributed by atoms with Gasteiger partial charge in [0.05, 0.1) is 17.4 Å². The minimum absolute atomic E-state index is 0.109. The molecule has 0 aromatic carbocycles. The molecule has 1 saturated carbocycles. The van der Waals surface area contributed by atoms with E-state index in [1.165, 1.54) is 0 Å². The molecule has 3 aromatic rings. The summed E-state index contributed by atoms with van der Waals surface area (Å²) < 4.78 is 13.0. The number of alkyl halides is 1. The molecule has 0 spiro atoms. The van der Waals surface area contributed by atoms with Crippen LogP contribution in [0.25, 0.3) is 22.3 Å². The van der Waals surface area contributed by atoms with E-state index in [4.69, 9.17) is 4.98 Å². The molecule has 0 N–H and O–H groups in total. The Hall–Kier alpha value is -2.80. The third-order valence-electron chi connectivity index (χ3n) is 6.54. The van der Waals surface area contributed by atoms with E-state index in [-0.39, 0.29) is 11.7 Å². The summed E-state index contributed by atoms with van der Waals surface area (Å²) >= 11 is 0. The summed E-state index contributed by atoms with van der Waals surface area (Å²) in [4.78, 5) is 32.7. The summed E-state index contributed by atoms with van der Waals surface area (Å²) in [6, 6.07) is 5.79. The lowest BCUT2D eigenvalue weighted by atomic mass is 9.78. The van der Waals surface area contributed by atoms with E-state index in [9.17, 15) is 9.18 Å². The van der Waals surface area contributed by atoms with Gasteiger partial charge in [-0.1, -0.05) is 0 Å². The van der Waals surface area contributed by atoms with Crippen molar-refractivity contribution in [2.24, 2.45) is 11.8 Å². The molecule has 160 valence electrons. The molecule has 4 heterocycles. The van der Waals surface area contributed by atoms with E-state index in [0.717, 1.165) is 60.2 Å². The number of carbonyl (C=O) groups excluding carboxylic acids is 1. The summed E-state index contributed by atoms with van der Waals surface area (Å²) in [6.07, 6.45) is 10.4. The number of hydrogen-bond donors (Lipinski definition) is 0. The molecule has 1 aliphatic carbocycles. The summed E-state index contributed by atoms with van der Waals surface area (Å²) in [7, 11) is 0. The minimum Gasteiger partial charge on any atom is -0.299 e. The van der Waals surface area contributed by atoms with Gasteiger partial charge in [-0.25, -0.2) is 9.37 Å². The first-order valence-corrected chi connectivity index (χ1v) is 11.1. The molecule has 0 bridgehead atoms. The van der Waals surface area contributed by atoms with Gasteiger partial charge < -0.3 is 0 Å². The van der Waals surface area contributed by atoms with E-state index in [2.05, 4.69) is 19.9 Å². The molecule has 5 rings (SSSR count). The van der Waals surface area contributed by atoms with E-state index in [1.54, 1.807) is 24.8 Å². The first-order chi connectivity index (χ1) is 15.1. The fourth-order valence-corrected chi connectivity index (χ4v) is 4.74. The van der Waals surface area contributed by atoms with Crippen molar-refractivity contribution < 1.29 is 9.18 Å². The average Bonchev–Trinajstić information content (AvgIpc) is 2.78. The Morgan fingerprint density at radius 2 is 1.87 bits per heavy atom. The molecule has 2 aliphatic rings. The summed E-state index contributed by atoms with van der Waals surface area (Å²) in [5, 5.41) is 0.936. The molecule has 31 heavy (non-hydrogen) atoms. The molecule has 0 radical (unpaired) electrons. The zero-order valence-electron chi connectivity index (χ0n) is 17.5. The van der Waals surface area contributed by atoms with Gasteiger partial charge in [-0.3, -0.25) is 24.6 Å². The molecule has 0 amide bonds. The Balaban J connectivity index is 1.21. The van der Waals surface area contributed by atoms with Gasteiger partial charge in [0.15, 0.2) is 0 Å². The first kappa shape index (κ1) is 20.1. The third kappa shape index (κ3) is 4.61. The summed E-state index contributed by atoms with van der Waals surface area (Å²) in [6.45, 7) is 2.14. The highest BCUT2D eigenvalue weighted by atomic mass is 19.1. The van der Waals surface area contributed by atoms with Gasteiger partial charge in [-0.05, 0) is 49.8 Å². The zero-order chi connectivity index (χ0) is 21.2. The molecule has 7 heteroatoms. The number of pyridine rings is 2. The van der Waals surface area contributed by atoms with Crippen molar-refractivity contribution >= 4 is 16.7 Å². The van der Waals surface area contributed by atoms with E-state index in [0.29, 0.717) is 25.4 Å². The van der Waals surface area contributed by atoms with Crippen LogP contribution in [0.3, 0.4) is 0 Å². The SMILES string of the molecule is O=C(Cc1cc2nc(-c3cnccn3)ccc2cn1)C1CCC(CN2CC(F)C2)CC1. The fourth-order valence-electron chi connectivity index (χ4n) is 4.74. The van der Waals surface area contributed by atoms with Gasteiger partial charge in [0.2, 0.25) is 0 Å². The van der Waals surface area contributed by atoms with Crippen molar-refractivity contribution in [2.45, 2.75) is 38.3 Å². The lowest BCUT2D eigenvalue weighted by Gasteiger charge is -2.38. The number of aromatic nitrogens is 4. The predicted octanol–water partition coefficient (Wildman–Crippen LogP) is 3.66. The number of ketones is 1. The Morgan fingerprint density at radius 3 is 2.61 bits per heavy atom. The smallest absolute Gasteiger partial charge is 0.141 e. The van der Waals surface area contributed by atoms with Crippen molar-refractivity contribution in [3.8, 4) is 11.4 Å². The van der Waals surface area contributed by atoms with Gasteiger partial charge in [0.25, 0.3) is 0 Å². The van der Waals surface area contributed by atoms with Crippen LogP contribution in [0.2, 0.25) is 0 Å². The monoisotopic (exact) mass is 419 g/mol. The Morgan fingerprint density at radius 1 is 1.03 bits per heavy atom. The average molecular weight is 420 g/mol. The maximum atomic E-state index is 13.0. The Labute approximate surface area is 181 Å². The first-order valence-electron chi connectivity index (χ1n) is 11.1. The molecule has 6 nitrogen and oxygen atoms in total. The molecule has 2 fully saturated rings. The Kier molecular flexibility index (Phi) is 5.68. The molecule has 1 aliphatic heterocycles. The van der Waals surface area contributed by atoms with Gasteiger partial charge in [-0.2, -0.15) is 0 Å². The van der Waals surface area contributed by atoms with Crippen LogP contribution < -0.4 is 0 Å².